The monoisotopic (exact) mass is 565 g/mol. The first-order valence-corrected chi connectivity index (χ1v) is 17.2. The summed E-state index contributed by atoms with van der Waals surface area (Å²) in [6, 6.07) is 0. The van der Waals surface area contributed by atoms with Crippen LogP contribution in [-0.4, -0.2) is 60.4 Å². The topological polar surface area (TPSA) is 76.1 Å². The van der Waals surface area contributed by atoms with E-state index in [4.69, 9.17) is 14.6 Å². The third-order valence-corrected chi connectivity index (χ3v) is 9.32. The summed E-state index contributed by atoms with van der Waals surface area (Å²) >= 11 is 0. The number of hydrogen-bond acceptors (Lipinski definition) is 6. The van der Waals surface area contributed by atoms with Crippen molar-refractivity contribution in [1.29, 1.82) is 0 Å². The second kappa shape index (κ2) is 21.5. The molecule has 1 spiro atoms. The molecule has 6 heteroatoms. The summed E-state index contributed by atoms with van der Waals surface area (Å²) in [4.78, 5) is 27.5. The summed E-state index contributed by atoms with van der Waals surface area (Å²) < 4.78 is 11.8. The molecule has 2 unspecified atom stereocenters. The molecule has 2 fully saturated rings. The van der Waals surface area contributed by atoms with Crippen LogP contribution in [0.25, 0.3) is 0 Å². The summed E-state index contributed by atoms with van der Waals surface area (Å²) in [5.41, 5.74) is 0.363. The van der Waals surface area contributed by atoms with E-state index in [2.05, 4.69) is 18.7 Å². The summed E-state index contributed by atoms with van der Waals surface area (Å²) in [7, 11) is 0. The molecular weight excluding hydrogens is 502 g/mol. The number of piperidine rings is 1. The van der Waals surface area contributed by atoms with Crippen LogP contribution in [0.2, 0.25) is 0 Å². The van der Waals surface area contributed by atoms with E-state index in [1.54, 1.807) is 0 Å². The van der Waals surface area contributed by atoms with Gasteiger partial charge in [0.15, 0.2) is 0 Å². The molecule has 2 aliphatic rings. The van der Waals surface area contributed by atoms with Crippen LogP contribution in [0.1, 0.15) is 162 Å². The van der Waals surface area contributed by atoms with Crippen LogP contribution in [0.4, 0.5) is 0 Å². The number of carbonyl (C=O) groups excluding carboxylic acids is 2. The van der Waals surface area contributed by atoms with Crippen molar-refractivity contribution < 1.29 is 24.2 Å². The first kappa shape index (κ1) is 35.1. The lowest BCUT2D eigenvalue weighted by molar-refractivity contribution is -0.150. The molecule has 0 bridgehead atoms. The number of unbranched alkanes of at least 4 members (excludes halogenated alkanes) is 10. The fraction of sp³-hybridized carbons (Fsp3) is 0.941. The Hall–Kier alpha value is -1.14. The van der Waals surface area contributed by atoms with E-state index in [1.165, 1.54) is 64.2 Å². The average molecular weight is 566 g/mol. The molecule has 1 N–H and O–H groups in total. The van der Waals surface area contributed by atoms with Crippen LogP contribution in [0.15, 0.2) is 0 Å². The largest absolute Gasteiger partial charge is 0.462 e. The highest BCUT2D eigenvalue weighted by molar-refractivity contribution is 5.70. The number of aliphatic hydroxyl groups excluding tert-OH is 1. The zero-order valence-corrected chi connectivity index (χ0v) is 26.3. The predicted octanol–water partition coefficient (Wildman–Crippen LogP) is 8.13. The lowest BCUT2D eigenvalue weighted by Crippen LogP contribution is -2.39. The van der Waals surface area contributed by atoms with Gasteiger partial charge < -0.3 is 19.5 Å². The minimum absolute atomic E-state index is 0.0627. The Morgan fingerprint density at radius 2 is 1.38 bits per heavy atom. The quantitative estimate of drug-likeness (QED) is 0.0995. The van der Waals surface area contributed by atoms with E-state index in [0.29, 0.717) is 18.3 Å². The van der Waals surface area contributed by atoms with Crippen molar-refractivity contribution >= 4 is 11.9 Å². The maximum absolute atomic E-state index is 12.5. The number of likely N-dealkylation sites (tertiary alicyclic amines) is 1. The molecule has 0 radical (unpaired) electrons. The molecule has 2 atom stereocenters. The predicted molar refractivity (Wildman–Crippen MR) is 163 cm³/mol. The van der Waals surface area contributed by atoms with Gasteiger partial charge in [-0.3, -0.25) is 9.59 Å². The Morgan fingerprint density at radius 3 is 2.02 bits per heavy atom. The zero-order chi connectivity index (χ0) is 28.9. The second-order valence-corrected chi connectivity index (χ2v) is 12.9. The Balaban J connectivity index is 1.55. The van der Waals surface area contributed by atoms with E-state index in [9.17, 15) is 9.59 Å². The van der Waals surface area contributed by atoms with Crippen LogP contribution in [0, 0.1) is 5.41 Å². The summed E-state index contributed by atoms with van der Waals surface area (Å²) in [5, 5.41) is 9.00. The Labute approximate surface area is 246 Å². The lowest BCUT2D eigenvalue weighted by Gasteiger charge is -2.39. The third-order valence-electron chi connectivity index (χ3n) is 9.32. The van der Waals surface area contributed by atoms with Gasteiger partial charge in [-0.25, -0.2) is 0 Å². The molecule has 1 aliphatic carbocycles. The van der Waals surface area contributed by atoms with Crippen LogP contribution >= 0.6 is 0 Å². The first-order chi connectivity index (χ1) is 19.5. The van der Waals surface area contributed by atoms with Gasteiger partial charge in [0.1, 0.15) is 12.2 Å². The van der Waals surface area contributed by atoms with E-state index in [-0.39, 0.29) is 30.8 Å². The van der Waals surface area contributed by atoms with Gasteiger partial charge in [-0.15, -0.1) is 0 Å². The van der Waals surface area contributed by atoms with Crippen LogP contribution in [0.3, 0.4) is 0 Å². The van der Waals surface area contributed by atoms with Gasteiger partial charge in [-0.1, -0.05) is 65.2 Å². The molecule has 0 aromatic carbocycles. The number of hydrogen-bond donors (Lipinski definition) is 1. The van der Waals surface area contributed by atoms with Crippen molar-refractivity contribution in [3.05, 3.63) is 0 Å². The fourth-order valence-electron chi connectivity index (χ4n) is 6.65. The van der Waals surface area contributed by atoms with Gasteiger partial charge in [-0.05, 0) is 109 Å². The van der Waals surface area contributed by atoms with Gasteiger partial charge in [0.05, 0.1) is 0 Å². The molecule has 0 aromatic rings. The summed E-state index contributed by atoms with van der Waals surface area (Å²) in [5.74, 6) is -0.131. The molecule has 0 amide bonds. The average Bonchev–Trinajstić information content (AvgIpc) is 3.33. The maximum atomic E-state index is 12.5. The summed E-state index contributed by atoms with van der Waals surface area (Å²) in [6.07, 6.45) is 24.1. The molecular formula is C34H63NO5. The van der Waals surface area contributed by atoms with Crippen LogP contribution < -0.4 is 0 Å². The Morgan fingerprint density at radius 1 is 0.775 bits per heavy atom. The molecule has 1 saturated heterocycles. The number of nitrogens with zero attached hydrogens (tertiary/aromatic N) is 1. The van der Waals surface area contributed by atoms with Crippen molar-refractivity contribution in [2.45, 2.75) is 174 Å². The first-order valence-electron chi connectivity index (χ1n) is 17.2. The number of esters is 2. The van der Waals surface area contributed by atoms with E-state index < -0.39 is 0 Å². The maximum Gasteiger partial charge on any atom is 0.306 e. The Bertz CT molecular complexity index is 661. The SMILES string of the molecule is CCCCCCCC(CCCCCC)OC(=O)CCCCCC(=O)OC1CCC2(CCN(CCCCO)CC2)C1. The minimum Gasteiger partial charge on any atom is -0.462 e. The van der Waals surface area contributed by atoms with Crippen molar-refractivity contribution in [1.82, 2.24) is 4.90 Å². The van der Waals surface area contributed by atoms with E-state index in [0.717, 1.165) is 90.3 Å². The number of rotatable bonds is 23. The van der Waals surface area contributed by atoms with Crippen molar-refractivity contribution in [2.75, 3.05) is 26.2 Å². The molecule has 234 valence electrons. The molecule has 1 aliphatic heterocycles. The standard InChI is InChI=1S/C34H63NO5/c1-3-5-7-9-12-18-30(17-11-8-6-4-2)39-32(37)19-13-10-14-20-33(38)40-31-21-22-34(29-31)23-26-35(27-24-34)25-15-16-28-36/h30-31,36H,3-29H2,1-2H3. The minimum atomic E-state index is -0.0683. The molecule has 6 nitrogen and oxygen atoms in total. The van der Waals surface area contributed by atoms with Gasteiger partial charge >= 0.3 is 11.9 Å². The van der Waals surface area contributed by atoms with Gasteiger partial charge in [0.2, 0.25) is 0 Å². The molecule has 1 heterocycles. The van der Waals surface area contributed by atoms with Gasteiger partial charge in [-0.2, -0.15) is 0 Å². The highest BCUT2D eigenvalue weighted by Gasteiger charge is 2.42. The van der Waals surface area contributed by atoms with Crippen molar-refractivity contribution in [2.24, 2.45) is 5.41 Å². The normalized spacial score (nSPS) is 19.6. The summed E-state index contributed by atoms with van der Waals surface area (Å²) in [6.45, 7) is 8.10. The van der Waals surface area contributed by atoms with Crippen molar-refractivity contribution in [3.63, 3.8) is 0 Å². The molecule has 2 rings (SSSR count). The number of ether oxygens (including phenoxy) is 2. The lowest BCUT2D eigenvalue weighted by atomic mass is 9.77. The third kappa shape index (κ3) is 15.2. The zero-order valence-electron chi connectivity index (χ0n) is 26.3. The van der Waals surface area contributed by atoms with Crippen molar-refractivity contribution in [3.8, 4) is 0 Å². The smallest absolute Gasteiger partial charge is 0.306 e. The van der Waals surface area contributed by atoms with E-state index in [1.807, 2.05) is 0 Å². The number of carbonyl (C=O) groups is 2. The molecule has 0 aromatic heterocycles. The second-order valence-electron chi connectivity index (χ2n) is 12.9. The van der Waals surface area contributed by atoms with Crippen LogP contribution in [0.5, 0.6) is 0 Å². The molecule has 40 heavy (non-hydrogen) atoms. The molecule has 1 saturated carbocycles. The number of aliphatic hydroxyl groups is 1. The fourth-order valence-corrected chi connectivity index (χ4v) is 6.65. The van der Waals surface area contributed by atoms with Gasteiger partial charge in [0.25, 0.3) is 0 Å². The Kier molecular flexibility index (Phi) is 18.9. The van der Waals surface area contributed by atoms with Crippen LogP contribution in [-0.2, 0) is 19.1 Å². The van der Waals surface area contributed by atoms with Gasteiger partial charge in [0, 0.05) is 19.4 Å². The highest BCUT2D eigenvalue weighted by Crippen LogP contribution is 2.47. The van der Waals surface area contributed by atoms with E-state index >= 15 is 0 Å². The highest BCUT2D eigenvalue weighted by atomic mass is 16.5.